The zero-order chi connectivity index (χ0) is 18.6. The summed E-state index contributed by atoms with van der Waals surface area (Å²) in [5.74, 6) is 1.40. The lowest BCUT2D eigenvalue weighted by molar-refractivity contribution is 0.281. The molecule has 0 saturated heterocycles. The molecule has 4 aromatic rings. The monoisotopic (exact) mass is 363 g/mol. The maximum Gasteiger partial charge on any atom is 0.204 e. The third kappa shape index (κ3) is 3.80. The predicted octanol–water partition coefficient (Wildman–Crippen LogP) is 2.74. The second-order valence-corrected chi connectivity index (χ2v) is 6.60. The Morgan fingerprint density at radius 2 is 1.96 bits per heavy atom. The summed E-state index contributed by atoms with van der Waals surface area (Å²) >= 11 is 0. The SMILES string of the molecule is CN(C)CCCOc1cccc(-c2n[nH]c3ccc(-c4nn[nH]n4)cc23)c1. The second kappa shape index (κ2) is 7.55. The van der Waals surface area contributed by atoms with Gasteiger partial charge < -0.3 is 9.64 Å². The van der Waals surface area contributed by atoms with E-state index in [0.717, 1.165) is 46.4 Å². The second-order valence-electron chi connectivity index (χ2n) is 6.60. The number of aromatic amines is 2. The molecule has 0 bridgehead atoms. The van der Waals surface area contributed by atoms with Crippen LogP contribution in [0.3, 0.4) is 0 Å². The van der Waals surface area contributed by atoms with Gasteiger partial charge in [-0.1, -0.05) is 12.1 Å². The molecule has 8 nitrogen and oxygen atoms in total. The van der Waals surface area contributed by atoms with E-state index in [1.807, 2.05) is 42.5 Å². The van der Waals surface area contributed by atoms with Crippen molar-refractivity contribution in [2.24, 2.45) is 0 Å². The first-order chi connectivity index (χ1) is 13.2. The molecular formula is C19H21N7O. The van der Waals surface area contributed by atoms with Crippen molar-refractivity contribution in [2.75, 3.05) is 27.2 Å². The minimum Gasteiger partial charge on any atom is -0.494 e. The molecule has 0 spiro atoms. The van der Waals surface area contributed by atoms with Crippen molar-refractivity contribution in [3.05, 3.63) is 42.5 Å². The number of fused-ring (bicyclic) bond motifs is 1. The quantitative estimate of drug-likeness (QED) is 0.490. The van der Waals surface area contributed by atoms with Crippen LogP contribution in [-0.4, -0.2) is 63.0 Å². The first-order valence-corrected chi connectivity index (χ1v) is 8.80. The maximum atomic E-state index is 5.89. The van der Waals surface area contributed by atoms with Crippen LogP contribution >= 0.6 is 0 Å². The summed E-state index contributed by atoms with van der Waals surface area (Å²) in [5, 5.41) is 22.8. The smallest absolute Gasteiger partial charge is 0.204 e. The average Bonchev–Trinajstić information content (AvgIpc) is 3.34. The number of benzene rings is 2. The van der Waals surface area contributed by atoms with Crippen LogP contribution in [0.1, 0.15) is 6.42 Å². The van der Waals surface area contributed by atoms with Crippen molar-refractivity contribution in [3.8, 4) is 28.4 Å². The number of ether oxygens (including phenoxy) is 1. The average molecular weight is 363 g/mol. The van der Waals surface area contributed by atoms with Crippen molar-refractivity contribution in [3.63, 3.8) is 0 Å². The van der Waals surface area contributed by atoms with Gasteiger partial charge in [-0.15, -0.1) is 10.2 Å². The molecule has 0 amide bonds. The Bertz CT molecular complexity index is 1020. The lowest BCUT2D eigenvalue weighted by atomic mass is 10.1. The number of hydrogen-bond acceptors (Lipinski definition) is 6. The number of nitrogens with zero attached hydrogens (tertiary/aromatic N) is 5. The van der Waals surface area contributed by atoms with Gasteiger partial charge in [0.2, 0.25) is 5.82 Å². The molecule has 2 aromatic heterocycles. The van der Waals surface area contributed by atoms with E-state index in [2.05, 4.69) is 49.8 Å². The van der Waals surface area contributed by atoms with Crippen molar-refractivity contribution >= 4 is 10.9 Å². The third-order valence-corrected chi connectivity index (χ3v) is 4.29. The third-order valence-electron chi connectivity index (χ3n) is 4.29. The highest BCUT2D eigenvalue weighted by molar-refractivity contribution is 5.95. The largest absolute Gasteiger partial charge is 0.494 e. The van der Waals surface area contributed by atoms with E-state index in [0.29, 0.717) is 12.4 Å². The Hall–Kier alpha value is -3.26. The van der Waals surface area contributed by atoms with Gasteiger partial charge in [0.25, 0.3) is 0 Å². The topological polar surface area (TPSA) is 95.6 Å². The van der Waals surface area contributed by atoms with Gasteiger partial charge in [-0.05, 0) is 56.1 Å². The van der Waals surface area contributed by atoms with Crippen molar-refractivity contribution < 1.29 is 4.74 Å². The first kappa shape index (κ1) is 17.2. The summed E-state index contributed by atoms with van der Waals surface area (Å²) in [6, 6.07) is 13.9. The normalized spacial score (nSPS) is 11.4. The fourth-order valence-electron chi connectivity index (χ4n) is 2.96. The Morgan fingerprint density at radius 3 is 2.78 bits per heavy atom. The molecule has 2 heterocycles. The Balaban J connectivity index is 1.60. The summed E-state index contributed by atoms with van der Waals surface area (Å²) in [6.07, 6.45) is 0.983. The number of nitrogens with one attached hydrogen (secondary N) is 2. The van der Waals surface area contributed by atoms with Crippen LogP contribution in [0.5, 0.6) is 5.75 Å². The molecule has 8 heteroatoms. The van der Waals surface area contributed by atoms with Crippen LogP contribution in [0.25, 0.3) is 33.5 Å². The molecule has 0 atom stereocenters. The van der Waals surface area contributed by atoms with Gasteiger partial charge in [0.1, 0.15) is 11.4 Å². The van der Waals surface area contributed by atoms with Crippen molar-refractivity contribution in [2.45, 2.75) is 6.42 Å². The molecule has 0 unspecified atom stereocenters. The van der Waals surface area contributed by atoms with E-state index in [1.54, 1.807) is 0 Å². The van der Waals surface area contributed by atoms with Crippen LogP contribution in [0.4, 0.5) is 0 Å². The first-order valence-electron chi connectivity index (χ1n) is 8.80. The van der Waals surface area contributed by atoms with Crippen LogP contribution in [0, 0.1) is 0 Å². The van der Waals surface area contributed by atoms with Gasteiger partial charge in [-0.3, -0.25) is 5.10 Å². The predicted molar refractivity (Wildman–Crippen MR) is 103 cm³/mol. The highest BCUT2D eigenvalue weighted by atomic mass is 16.5. The van der Waals surface area contributed by atoms with Gasteiger partial charge in [-0.25, -0.2) is 0 Å². The molecule has 2 aromatic carbocycles. The van der Waals surface area contributed by atoms with E-state index >= 15 is 0 Å². The molecule has 2 N–H and O–H groups in total. The van der Waals surface area contributed by atoms with E-state index in [1.165, 1.54) is 0 Å². The number of rotatable bonds is 7. The van der Waals surface area contributed by atoms with E-state index in [4.69, 9.17) is 4.74 Å². The van der Waals surface area contributed by atoms with Gasteiger partial charge in [0, 0.05) is 23.1 Å². The summed E-state index contributed by atoms with van der Waals surface area (Å²) in [5.41, 5.74) is 3.70. The summed E-state index contributed by atoms with van der Waals surface area (Å²) in [6.45, 7) is 1.69. The minimum absolute atomic E-state index is 0.557. The number of hydrogen-bond donors (Lipinski definition) is 2. The van der Waals surface area contributed by atoms with Gasteiger partial charge in [0.05, 0.1) is 12.1 Å². The van der Waals surface area contributed by atoms with Gasteiger partial charge >= 0.3 is 0 Å². The molecule has 27 heavy (non-hydrogen) atoms. The van der Waals surface area contributed by atoms with Gasteiger partial charge in [-0.2, -0.15) is 10.3 Å². The molecule has 0 aliphatic rings. The highest BCUT2D eigenvalue weighted by Gasteiger charge is 2.12. The molecule has 0 aliphatic heterocycles. The zero-order valence-electron chi connectivity index (χ0n) is 15.3. The Labute approximate surface area is 156 Å². The highest BCUT2D eigenvalue weighted by Crippen LogP contribution is 2.31. The fourth-order valence-corrected chi connectivity index (χ4v) is 2.96. The van der Waals surface area contributed by atoms with E-state index in [-0.39, 0.29) is 0 Å². The Kier molecular flexibility index (Phi) is 4.80. The summed E-state index contributed by atoms with van der Waals surface area (Å²) in [4.78, 5) is 2.15. The standard InChI is InChI=1S/C19H21N7O/c1-26(2)9-4-10-27-15-6-3-5-13(11-15)18-16-12-14(19-22-24-25-23-19)7-8-17(16)20-21-18/h3,5-8,11-12H,4,9-10H2,1-2H3,(H,20,21)(H,22,23,24,25). The molecule has 0 saturated carbocycles. The number of aromatic nitrogens is 6. The van der Waals surface area contributed by atoms with Crippen molar-refractivity contribution in [1.82, 2.24) is 35.7 Å². The van der Waals surface area contributed by atoms with Crippen LogP contribution in [0.2, 0.25) is 0 Å². The minimum atomic E-state index is 0.557. The van der Waals surface area contributed by atoms with Crippen LogP contribution in [-0.2, 0) is 0 Å². The molecule has 0 radical (unpaired) electrons. The van der Waals surface area contributed by atoms with E-state index in [9.17, 15) is 0 Å². The summed E-state index contributed by atoms with van der Waals surface area (Å²) in [7, 11) is 4.12. The molecule has 0 fully saturated rings. The molecular weight excluding hydrogens is 342 g/mol. The molecule has 0 aliphatic carbocycles. The fraction of sp³-hybridized carbons (Fsp3) is 0.263. The van der Waals surface area contributed by atoms with E-state index < -0.39 is 0 Å². The Morgan fingerprint density at radius 1 is 1.04 bits per heavy atom. The van der Waals surface area contributed by atoms with Gasteiger partial charge in [0.15, 0.2) is 0 Å². The number of H-pyrrole nitrogens is 2. The maximum absolute atomic E-state index is 5.89. The van der Waals surface area contributed by atoms with Crippen LogP contribution in [0.15, 0.2) is 42.5 Å². The molecule has 4 rings (SSSR count). The zero-order valence-corrected chi connectivity index (χ0v) is 15.3. The lowest BCUT2D eigenvalue weighted by Gasteiger charge is -2.11. The lowest BCUT2D eigenvalue weighted by Crippen LogP contribution is -2.15. The van der Waals surface area contributed by atoms with Crippen LogP contribution < -0.4 is 4.74 Å². The molecule has 138 valence electrons. The van der Waals surface area contributed by atoms with Crippen molar-refractivity contribution in [1.29, 1.82) is 0 Å². The number of tetrazole rings is 1. The summed E-state index contributed by atoms with van der Waals surface area (Å²) < 4.78 is 5.89.